The molecule has 0 aromatic heterocycles. The third-order valence-corrected chi connectivity index (χ3v) is 4.15. The molecule has 0 bridgehead atoms. The minimum atomic E-state index is -4.31. The van der Waals surface area contributed by atoms with E-state index in [9.17, 15) is 26.0 Å². The molecule has 0 unspecified atom stereocenters. The van der Waals surface area contributed by atoms with E-state index in [1.54, 1.807) is 0 Å². The zero-order valence-corrected chi connectivity index (χ0v) is 11.4. The number of hydrogen-bond donors (Lipinski definition) is 0. The Kier molecular flexibility index (Phi) is 5.69. The van der Waals surface area contributed by atoms with E-state index in [4.69, 9.17) is 5.26 Å². The van der Waals surface area contributed by atoms with Crippen molar-refractivity contribution in [1.82, 2.24) is 0 Å². The van der Waals surface area contributed by atoms with Crippen LogP contribution in [0.1, 0.15) is 5.56 Å². The summed E-state index contributed by atoms with van der Waals surface area (Å²) in [4.78, 5) is -0.106. The van der Waals surface area contributed by atoms with Gasteiger partial charge in [-0.15, -0.1) is 0 Å². The topological polar surface area (TPSA) is 67.2 Å². The van der Waals surface area contributed by atoms with E-state index in [-0.39, 0.29) is 10.5 Å². The van der Waals surface area contributed by atoms with Crippen LogP contribution in [-0.4, -0.2) is 39.7 Å². The summed E-state index contributed by atoms with van der Waals surface area (Å²) in [5.74, 6) is -4.93. The van der Waals surface area contributed by atoms with Gasteiger partial charge in [0.15, 0.2) is 9.84 Å². The predicted octanol–water partition coefficient (Wildman–Crippen LogP) is 2.25. The van der Waals surface area contributed by atoms with Crippen LogP contribution < -0.4 is 0 Å². The first kappa shape index (κ1) is 17.4. The number of ether oxygens (including phenoxy) is 1. The predicted molar refractivity (Wildman–Crippen MR) is 65.0 cm³/mol. The van der Waals surface area contributed by atoms with E-state index in [1.807, 2.05) is 6.07 Å². The molecule has 0 saturated carbocycles. The first-order valence-corrected chi connectivity index (χ1v) is 7.31. The average molecular weight is 325 g/mol. The molecule has 1 rings (SSSR count). The maximum atomic E-state index is 12.5. The van der Waals surface area contributed by atoms with Crippen LogP contribution in [0, 0.1) is 11.3 Å². The summed E-state index contributed by atoms with van der Waals surface area (Å²) in [7, 11) is -3.79. The standard InChI is InChI=1S/C12H11F4NO3S/c13-11(14)12(15,16)8-20-5-6-21(18,19)10-3-1-9(7-17)2-4-10/h1-4,11H,5-6,8H2. The second-order valence-corrected chi connectivity index (χ2v) is 6.18. The number of halogens is 4. The van der Waals surface area contributed by atoms with Crippen LogP contribution in [0.5, 0.6) is 0 Å². The van der Waals surface area contributed by atoms with Crippen molar-refractivity contribution >= 4 is 9.84 Å². The quantitative estimate of drug-likeness (QED) is 0.570. The molecule has 116 valence electrons. The molecule has 4 nitrogen and oxygen atoms in total. The number of nitrogens with zero attached hydrogens (tertiary/aromatic N) is 1. The van der Waals surface area contributed by atoms with Gasteiger partial charge in [0.1, 0.15) is 6.61 Å². The van der Waals surface area contributed by atoms with Gasteiger partial charge in [-0.1, -0.05) is 0 Å². The van der Waals surface area contributed by atoms with Crippen LogP contribution in [0.3, 0.4) is 0 Å². The number of benzene rings is 1. The second kappa shape index (κ2) is 6.87. The molecule has 0 fully saturated rings. The molecule has 0 amide bonds. The van der Waals surface area contributed by atoms with Crippen LogP contribution in [0.15, 0.2) is 29.2 Å². The first-order valence-electron chi connectivity index (χ1n) is 5.66. The van der Waals surface area contributed by atoms with E-state index in [1.165, 1.54) is 24.3 Å². The normalized spacial score (nSPS) is 12.4. The van der Waals surface area contributed by atoms with Crippen molar-refractivity contribution in [2.24, 2.45) is 0 Å². The Morgan fingerprint density at radius 1 is 1.24 bits per heavy atom. The van der Waals surface area contributed by atoms with Gasteiger partial charge >= 0.3 is 12.3 Å². The fraction of sp³-hybridized carbons (Fsp3) is 0.417. The zero-order valence-electron chi connectivity index (χ0n) is 10.6. The molecule has 1 aromatic carbocycles. The van der Waals surface area contributed by atoms with Crippen LogP contribution in [0.2, 0.25) is 0 Å². The van der Waals surface area contributed by atoms with Crippen LogP contribution >= 0.6 is 0 Å². The molecular formula is C12H11F4NO3S. The van der Waals surface area contributed by atoms with Crippen molar-refractivity contribution < 1.29 is 30.7 Å². The minimum absolute atomic E-state index is 0.106. The fourth-order valence-corrected chi connectivity index (χ4v) is 2.42. The Morgan fingerprint density at radius 3 is 2.29 bits per heavy atom. The van der Waals surface area contributed by atoms with Crippen molar-refractivity contribution in [2.75, 3.05) is 19.0 Å². The van der Waals surface area contributed by atoms with Crippen molar-refractivity contribution in [3.05, 3.63) is 29.8 Å². The molecular weight excluding hydrogens is 314 g/mol. The van der Waals surface area contributed by atoms with Gasteiger partial charge in [0.25, 0.3) is 0 Å². The first-order chi connectivity index (χ1) is 9.69. The van der Waals surface area contributed by atoms with Crippen molar-refractivity contribution in [1.29, 1.82) is 5.26 Å². The number of rotatable bonds is 7. The van der Waals surface area contributed by atoms with Crippen LogP contribution in [0.4, 0.5) is 17.6 Å². The average Bonchev–Trinajstić information content (AvgIpc) is 2.43. The van der Waals surface area contributed by atoms with Gasteiger partial charge in [-0.2, -0.15) is 14.0 Å². The van der Waals surface area contributed by atoms with Gasteiger partial charge in [-0.25, -0.2) is 17.2 Å². The maximum Gasteiger partial charge on any atom is 0.330 e. The van der Waals surface area contributed by atoms with Gasteiger partial charge in [-0.05, 0) is 24.3 Å². The van der Waals surface area contributed by atoms with Gasteiger partial charge in [-0.3, -0.25) is 0 Å². The largest absolute Gasteiger partial charge is 0.374 e. The van der Waals surface area contributed by atoms with Crippen molar-refractivity contribution in [3.63, 3.8) is 0 Å². The van der Waals surface area contributed by atoms with Crippen molar-refractivity contribution in [2.45, 2.75) is 17.2 Å². The molecule has 1 aromatic rings. The van der Waals surface area contributed by atoms with E-state index in [0.717, 1.165) is 0 Å². The Labute approximate surface area is 118 Å². The second-order valence-electron chi connectivity index (χ2n) is 4.07. The summed E-state index contributed by atoms with van der Waals surface area (Å²) >= 11 is 0. The summed E-state index contributed by atoms with van der Waals surface area (Å²) in [6.07, 6.45) is -3.87. The molecule has 21 heavy (non-hydrogen) atoms. The monoisotopic (exact) mass is 325 g/mol. The Morgan fingerprint density at radius 2 is 1.81 bits per heavy atom. The van der Waals surface area contributed by atoms with Crippen LogP contribution in [0.25, 0.3) is 0 Å². The lowest BCUT2D eigenvalue weighted by molar-refractivity contribution is -0.164. The molecule has 0 radical (unpaired) electrons. The van der Waals surface area contributed by atoms with Gasteiger partial charge in [0.05, 0.1) is 28.9 Å². The van der Waals surface area contributed by atoms with Gasteiger partial charge in [0, 0.05) is 0 Å². The highest BCUT2D eigenvalue weighted by molar-refractivity contribution is 7.91. The molecule has 0 aliphatic rings. The summed E-state index contributed by atoms with van der Waals surface area (Å²) in [5.41, 5.74) is 0.266. The smallest absolute Gasteiger partial charge is 0.330 e. The van der Waals surface area contributed by atoms with E-state index < -0.39 is 41.2 Å². The lowest BCUT2D eigenvalue weighted by atomic mass is 10.2. The Hall–Kier alpha value is -1.66. The third kappa shape index (κ3) is 4.99. The summed E-state index contributed by atoms with van der Waals surface area (Å²) in [5, 5.41) is 8.57. The van der Waals surface area contributed by atoms with E-state index in [0.29, 0.717) is 0 Å². The highest BCUT2D eigenvalue weighted by Crippen LogP contribution is 2.22. The van der Waals surface area contributed by atoms with E-state index >= 15 is 0 Å². The zero-order chi connectivity index (χ0) is 16.1. The lowest BCUT2D eigenvalue weighted by Gasteiger charge is -2.15. The number of alkyl halides is 4. The fourth-order valence-electron chi connectivity index (χ4n) is 1.29. The maximum absolute atomic E-state index is 12.5. The molecule has 0 spiro atoms. The number of sulfone groups is 1. The van der Waals surface area contributed by atoms with Crippen molar-refractivity contribution in [3.8, 4) is 6.07 Å². The lowest BCUT2D eigenvalue weighted by Crippen LogP contribution is -2.33. The molecule has 0 saturated heterocycles. The molecule has 0 heterocycles. The Balaban J connectivity index is 2.56. The number of hydrogen-bond acceptors (Lipinski definition) is 4. The van der Waals surface area contributed by atoms with Crippen LogP contribution in [-0.2, 0) is 14.6 Å². The van der Waals surface area contributed by atoms with Gasteiger partial charge < -0.3 is 4.74 Å². The molecule has 0 N–H and O–H groups in total. The third-order valence-electron chi connectivity index (χ3n) is 2.45. The molecule has 0 aliphatic heterocycles. The minimum Gasteiger partial charge on any atom is -0.374 e. The highest BCUT2D eigenvalue weighted by Gasteiger charge is 2.40. The Bertz CT molecular complexity index is 608. The summed E-state index contributed by atoms with van der Waals surface area (Å²) < 4.78 is 76.6. The number of nitriles is 1. The molecule has 0 aliphatic carbocycles. The summed E-state index contributed by atoms with van der Waals surface area (Å²) in [6.45, 7) is -2.18. The summed E-state index contributed by atoms with van der Waals surface area (Å²) in [6, 6.07) is 6.78. The molecule has 0 atom stereocenters. The van der Waals surface area contributed by atoms with Gasteiger partial charge in [0.2, 0.25) is 0 Å². The molecule has 9 heteroatoms. The SMILES string of the molecule is N#Cc1ccc(S(=O)(=O)CCOCC(F)(F)C(F)F)cc1. The van der Waals surface area contributed by atoms with E-state index in [2.05, 4.69) is 4.74 Å². The highest BCUT2D eigenvalue weighted by atomic mass is 32.2.